The topological polar surface area (TPSA) is 161 Å². The molecule has 0 fully saturated rings. The fourth-order valence-electron chi connectivity index (χ4n) is 3.01. The van der Waals surface area contributed by atoms with Crippen LogP contribution in [0.5, 0.6) is 0 Å². The average molecular weight is 517 g/mol. The van der Waals surface area contributed by atoms with Crippen molar-refractivity contribution in [2.24, 2.45) is 0 Å². The highest BCUT2D eigenvalue weighted by atomic mass is 19.3. The number of hydrogen-bond acceptors (Lipinski definition) is 5. The maximum absolute atomic E-state index is 13.9. The lowest BCUT2D eigenvalue weighted by Gasteiger charge is -2.36. The normalized spacial score (nSPS) is 12.6. The standard InChI is InChI=1S/C24H26F2N6O5/c1-24(21(25)26,31-23(36)28-3)18(20(34)32-37)30-19(33)16-10-6-14(7-11-16)4-5-15-8-12-17(13-9-15)29-22(35)27-2/h6-13,18,21,37H,1-3H3,(H,30,33)(H,32,34)(H2,27,29,35)(H2,28,31,36)/t18-,24?/m1/s1. The Hall–Kier alpha value is -4.70. The largest absolute Gasteiger partial charge is 0.341 e. The number of amides is 6. The average Bonchev–Trinajstić information content (AvgIpc) is 2.90. The first-order valence-electron chi connectivity index (χ1n) is 10.8. The van der Waals surface area contributed by atoms with Gasteiger partial charge in [0.1, 0.15) is 11.6 Å². The number of anilines is 1. The molecule has 0 spiro atoms. The van der Waals surface area contributed by atoms with E-state index in [1.54, 1.807) is 24.3 Å². The molecule has 37 heavy (non-hydrogen) atoms. The Bertz CT molecular complexity index is 1190. The van der Waals surface area contributed by atoms with Crippen LogP contribution < -0.4 is 32.1 Å². The number of hydroxylamine groups is 1. The monoisotopic (exact) mass is 516 g/mol. The molecule has 0 aromatic heterocycles. The van der Waals surface area contributed by atoms with Crippen LogP contribution in [-0.4, -0.2) is 61.2 Å². The molecule has 1 unspecified atom stereocenters. The zero-order chi connectivity index (χ0) is 27.6. The van der Waals surface area contributed by atoms with Crippen LogP contribution in [0.15, 0.2) is 48.5 Å². The quantitative estimate of drug-likeness (QED) is 0.168. The molecule has 2 aromatic carbocycles. The van der Waals surface area contributed by atoms with E-state index in [2.05, 4.69) is 33.1 Å². The van der Waals surface area contributed by atoms with Crippen molar-refractivity contribution in [3.63, 3.8) is 0 Å². The molecule has 196 valence electrons. The molecule has 2 rings (SSSR count). The smallest absolute Gasteiger partial charge is 0.318 e. The van der Waals surface area contributed by atoms with E-state index in [9.17, 15) is 28.0 Å². The number of benzene rings is 2. The second-order valence-corrected chi connectivity index (χ2v) is 7.78. The molecular formula is C24H26F2N6O5. The van der Waals surface area contributed by atoms with E-state index in [4.69, 9.17) is 5.21 Å². The van der Waals surface area contributed by atoms with E-state index < -0.39 is 35.9 Å². The first-order valence-corrected chi connectivity index (χ1v) is 10.8. The Kier molecular flexibility index (Phi) is 9.91. The van der Waals surface area contributed by atoms with Gasteiger partial charge in [0.25, 0.3) is 18.2 Å². The molecule has 0 aliphatic heterocycles. The van der Waals surface area contributed by atoms with Crippen LogP contribution in [0.3, 0.4) is 0 Å². The third-order valence-corrected chi connectivity index (χ3v) is 5.18. The fourth-order valence-corrected chi connectivity index (χ4v) is 3.01. The van der Waals surface area contributed by atoms with Gasteiger partial charge in [0.2, 0.25) is 0 Å². The minimum atomic E-state index is -3.29. The highest BCUT2D eigenvalue weighted by Gasteiger charge is 2.48. The van der Waals surface area contributed by atoms with Gasteiger partial charge in [-0.05, 0) is 55.5 Å². The molecule has 0 aliphatic carbocycles. The zero-order valence-electron chi connectivity index (χ0n) is 20.1. The summed E-state index contributed by atoms with van der Waals surface area (Å²) in [7, 11) is 2.68. The summed E-state index contributed by atoms with van der Waals surface area (Å²) in [6, 6.07) is 9.14. The summed E-state index contributed by atoms with van der Waals surface area (Å²) in [5.74, 6) is 3.57. The summed E-state index contributed by atoms with van der Waals surface area (Å²) in [6.07, 6.45) is -3.29. The van der Waals surface area contributed by atoms with Gasteiger partial charge >= 0.3 is 12.1 Å². The van der Waals surface area contributed by atoms with Crippen molar-refractivity contribution in [2.45, 2.75) is 24.9 Å². The Morgan fingerprint density at radius 1 is 0.865 bits per heavy atom. The third-order valence-electron chi connectivity index (χ3n) is 5.18. The Balaban J connectivity index is 2.17. The highest BCUT2D eigenvalue weighted by molar-refractivity contribution is 5.98. The van der Waals surface area contributed by atoms with Gasteiger partial charge in [-0.15, -0.1) is 0 Å². The molecule has 0 bridgehead atoms. The number of halogens is 2. The van der Waals surface area contributed by atoms with Crippen molar-refractivity contribution < 1.29 is 33.2 Å². The van der Waals surface area contributed by atoms with Gasteiger partial charge in [-0.2, -0.15) is 0 Å². The number of carbonyl (C=O) groups is 4. The number of rotatable bonds is 7. The third kappa shape index (κ3) is 7.64. The lowest BCUT2D eigenvalue weighted by molar-refractivity contribution is -0.135. The SMILES string of the molecule is CNC(=O)Nc1ccc(C#Cc2ccc(C(=O)N[C@H](C(=O)NO)C(C)(NC(=O)NC)C(F)F)cc2)cc1. The van der Waals surface area contributed by atoms with Gasteiger partial charge in [-0.3, -0.25) is 14.8 Å². The van der Waals surface area contributed by atoms with Crippen molar-refractivity contribution in [1.29, 1.82) is 0 Å². The van der Waals surface area contributed by atoms with Crippen LogP contribution >= 0.6 is 0 Å². The summed E-state index contributed by atoms with van der Waals surface area (Å²) >= 11 is 0. The minimum absolute atomic E-state index is 0.0162. The molecule has 0 radical (unpaired) electrons. The maximum atomic E-state index is 13.9. The molecule has 11 nitrogen and oxygen atoms in total. The van der Waals surface area contributed by atoms with Gasteiger partial charge in [0.05, 0.1) is 0 Å². The Morgan fingerprint density at radius 2 is 1.38 bits per heavy atom. The molecule has 0 saturated heterocycles. The van der Waals surface area contributed by atoms with E-state index in [1.165, 1.54) is 43.8 Å². The van der Waals surface area contributed by atoms with Gasteiger partial charge in [-0.25, -0.2) is 23.9 Å². The molecule has 0 saturated carbocycles. The molecule has 0 aliphatic rings. The predicted octanol–water partition coefficient (Wildman–Crippen LogP) is 1.39. The maximum Gasteiger partial charge on any atom is 0.318 e. The Labute approximate surface area is 211 Å². The molecule has 2 aromatic rings. The van der Waals surface area contributed by atoms with Gasteiger partial charge in [-0.1, -0.05) is 11.8 Å². The van der Waals surface area contributed by atoms with Gasteiger partial charge in [0, 0.05) is 36.5 Å². The fraction of sp³-hybridized carbons (Fsp3) is 0.250. The zero-order valence-corrected chi connectivity index (χ0v) is 20.1. The van der Waals surface area contributed by atoms with Crippen LogP contribution in [-0.2, 0) is 4.79 Å². The molecule has 0 heterocycles. The molecule has 7 N–H and O–H groups in total. The van der Waals surface area contributed by atoms with Crippen LogP contribution in [0.1, 0.15) is 28.4 Å². The molecule has 13 heteroatoms. The first kappa shape index (κ1) is 28.5. The van der Waals surface area contributed by atoms with E-state index in [0.29, 0.717) is 16.8 Å². The summed E-state index contributed by atoms with van der Waals surface area (Å²) in [5.41, 5.74) is 0.474. The lowest BCUT2D eigenvalue weighted by atomic mass is 9.91. The lowest BCUT2D eigenvalue weighted by Crippen LogP contribution is -2.69. The predicted molar refractivity (Wildman–Crippen MR) is 130 cm³/mol. The van der Waals surface area contributed by atoms with Crippen molar-refractivity contribution in [3.05, 3.63) is 65.2 Å². The van der Waals surface area contributed by atoms with Gasteiger partial charge in [0.15, 0.2) is 0 Å². The summed E-state index contributed by atoms with van der Waals surface area (Å²) in [5, 5.41) is 20.2. The number of carbonyl (C=O) groups excluding carboxylic acids is 4. The molecule has 2 atom stereocenters. The molecule has 6 amide bonds. The number of nitrogens with one attached hydrogen (secondary N) is 6. The number of urea groups is 2. The summed E-state index contributed by atoms with van der Waals surface area (Å²) < 4.78 is 27.7. The van der Waals surface area contributed by atoms with Crippen LogP contribution in [0.4, 0.5) is 24.1 Å². The second kappa shape index (κ2) is 12.8. The number of hydrogen-bond donors (Lipinski definition) is 7. The van der Waals surface area contributed by atoms with Crippen molar-refractivity contribution >= 4 is 29.6 Å². The van der Waals surface area contributed by atoms with Crippen molar-refractivity contribution in [1.82, 2.24) is 26.7 Å². The Morgan fingerprint density at radius 3 is 1.84 bits per heavy atom. The van der Waals surface area contributed by atoms with Gasteiger partial charge < -0.3 is 26.6 Å². The first-order chi connectivity index (χ1) is 17.5. The van der Waals surface area contributed by atoms with Crippen molar-refractivity contribution in [3.8, 4) is 11.8 Å². The highest BCUT2D eigenvalue weighted by Crippen LogP contribution is 2.21. The number of alkyl halides is 2. The van der Waals surface area contributed by atoms with Crippen LogP contribution in [0, 0.1) is 11.8 Å². The van der Waals surface area contributed by atoms with Crippen LogP contribution in [0.2, 0.25) is 0 Å². The van der Waals surface area contributed by atoms with E-state index >= 15 is 0 Å². The van der Waals surface area contributed by atoms with E-state index in [-0.39, 0.29) is 11.6 Å². The minimum Gasteiger partial charge on any atom is -0.341 e. The van der Waals surface area contributed by atoms with E-state index in [0.717, 1.165) is 6.92 Å². The molecular weight excluding hydrogens is 490 g/mol. The van der Waals surface area contributed by atoms with E-state index in [1.807, 2.05) is 5.32 Å². The van der Waals surface area contributed by atoms with Crippen LogP contribution in [0.25, 0.3) is 0 Å². The van der Waals surface area contributed by atoms with Crippen molar-refractivity contribution in [2.75, 3.05) is 19.4 Å². The summed E-state index contributed by atoms with van der Waals surface area (Å²) in [4.78, 5) is 47.9. The summed E-state index contributed by atoms with van der Waals surface area (Å²) in [6.45, 7) is 0.854. The second-order valence-electron chi connectivity index (χ2n) is 7.78.